The minimum Gasteiger partial charge on any atom is -0.491 e. The Labute approximate surface area is 153 Å². The number of ether oxygens (including phenoxy) is 1. The molecule has 2 N–H and O–H groups in total. The summed E-state index contributed by atoms with van der Waals surface area (Å²) in [5.41, 5.74) is 2.19. The molecule has 1 aliphatic rings. The van der Waals surface area contributed by atoms with Crippen LogP contribution in [0.2, 0.25) is 0 Å². The van der Waals surface area contributed by atoms with Crippen LogP contribution < -0.4 is 15.4 Å². The summed E-state index contributed by atoms with van der Waals surface area (Å²) in [6.45, 7) is 3.92. The van der Waals surface area contributed by atoms with Crippen molar-refractivity contribution >= 4 is 17.5 Å². The smallest absolute Gasteiger partial charge is 0.255 e. The highest BCUT2D eigenvalue weighted by atomic mass is 16.5. The van der Waals surface area contributed by atoms with Gasteiger partial charge in [-0.3, -0.25) is 9.59 Å². The molecule has 1 saturated carbocycles. The molecular weight excluding hydrogens is 328 g/mol. The maximum absolute atomic E-state index is 12.3. The first-order chi connectivity index (χ1) is 12.5. The van der Waals surface area contributed by atoms with Gasteiger partial charge in [-0.2, -0.15) is 0 Å². The summed E-state index contributed by atoms with van der Waals surface area (Å²) in [6.07, 6.45) is 2.63. The third kappa shape index (κ3) is 5.34. The van der Waals surface area contributed by atoms with Gasteiger partial charge in [0.15, 0.2) is 0 Å². The first-order valence-electron chi connectivity index (χ1n) is 8.96. The topological polar surface area (TPSA) is 67.4 Å². The van der Waals surface area contributed by atoms with Crippen molar-refractivity contribution in [3.63, 3.8) is 0 Å². The van der Waals surface area contributed by atoms with Gasteiger partial charge in [0.1, 0.15) is 5.75 Å². The van der Waals surface area contributed by atoms with Gasteiger partial charge in [0.2, 0.25) is 5.91 Å². The van der Waals surface area contributed by atoms with Crippen LogP contribution >= 0.6 is 0 Å². The lowest BCUT2D eigenvalue weighted by atomic mass is 10.1. The lowest BCUT2D eigenvalue weighted by molar-refractivity contribution is -0.120. The van der Waals surface area contributed by atoms with Crippen molar-refractivity contribution in [2.75, 3.05) is 5.32 Å². The molecule has 0 heterocycles. The number of nitrogens with one attached hydrogen (secondary N) is 2. The van der Waals surface area contributed by atoms with E-state index in [2.05, 4.69) is 10.6 Å². The van der Waals surface area contributed by atoms with Crippen molar-refractivity contribution in [2.24, 2.45) is 0 Å². The number of hydrogen-bond donors (Lipinski definition) is 2. The number of rotatable bonds is 7. The van der Waals surface area contributed by atoms with Crippen LogP contribution in [0.5, 0.6) is 5.75 Å². The highest BCUT2D eigenvalue weighted by Crippen LogP contribution is 2.19. The number of amides is 2. The van der Waals surface area contributed by atoms with Crippen molar-refractivity contribution in [1.29, 1.82) is 0 Å². The number of anilines is 1. The first kappa shape index (κ1) is 18.0. The molecule has 136 valence electrons. The second-order valence-electron chi connectivity index (χ2n) is 6.86. The Morgan fingerprint density at radius 2 is 1.69 bits per heavy atom. The molecule has 5 heteroatoms. The van der Waals surface area contributed by atoms with Crippen LogP contribution in [-0.2, 0) is 11.2 Å². The molecule has 26 heavy (non-hydrogen) atoms. The normalized spacial score (nSPS) is 13.3. The van der Waals surface area contributed by atoms with E-state index >= 15 is 0 Å². The van der Waals surface area contributed by atoms with E-state index in [0.717, 1.165) is 24.2 Å². The van der Waals surface area contributed by atoms with E-state index in [1.807, 2.05) is 38.1 Å². The van der Waals surface area contributed by atoms with Gasteiger partial charge in [0.25, 0.3) is 5.91 Å². The average Bonchev–Trinajstić information content (AvgIpc) is 3.40. The molecule has 0 aliphatic heterocycles. The van der Waals surface area contributed by atoms with E-state index in [4.69, 9.17) is 4.74 Å². The Hall–Kier alpha value is -2.82. The van der Waals surface area contributed by atoms with Crippen LogP contribution in [0.3, 0.4) is 0 Å². The molecule has 3 rings (SSSR count). The van der Waals surface area contributed by atoms with E-state index in [1.165, 1.54) is 0 Å². The molecule has 0 radical (unpaired) electrons. The van der Waals surface area contributed by atoms with Crippen LogP contribution in [0.4, 0.5) is 5.69 Å². The Morgan fingerprint density at radius 3 is 2.27 bits per heavy atom. The van der Waals surface area contributed by atoms with Crippen LogP contribution in [0.25, 0.3) is 0 Å². The molecule has 1 fully saturated rings. The molecule has 0 bridgehead atoms. The van der Waals surface area contributed by atoms with Gasteiger partial charge in [0, 0.05) is 17.3 Å². The van der Waals surface area contributed by atoms with Crippen LogP contribution in [0.15, 0.2) is 48.5 Å². The Kier molecular flexibility index (Phi) is 5.56. The van der Waals surface area contributed by atoms with Gasteiger partial charge in [-0.15, -0.1) is 0 Å². The molecule has 0 saturated heterocycles. The lowest BCUT2D eigenvalue weighted by Gasteiger charge is -2.10. The van der Waals surface area contributed by atoms with Crippen molar-refractivity contribution in [3.8, 4) is 5.75 Å². The van der Waals surface area contributed by atoms with Crippen molar-refractivity contribution in [2.45, 2.75) is 45.3 Å². The summed E-state index contributed by atoms with van der Waals surface area (Å²) in [6, 6.07) is 14.8. The first-order valence-corrected chi connectivity index (χ1v) is 8.96. The maximum Gasteiger partial charge on any atom is 0.255 e. The summed E-state index contributed by atoms with van der Waals surface area (Å²) < 4.78 is 5.58. The average molecular weight is 352 g/mol. The molecule has 0 unspecified atom stereocenters. The molecule has 0 aromatic heterocycles. The Bertz CT molecular complexity index is 763. The van der Waals surface area contributed by atoms with Crippen LogP contribution in [-0.4, -0.2) is 24.0 Å². The molecule has 1 aliphatic carbocycles. The zero-order chi connectivity index (χ0) is 18.5. The number of carbonyl (C=O) groups is 2. The summed E-state index contributed by atoms with van der Waals surface area (Å²) in [4.78, 5) is 24.1. The highest BCUT2D eigenvalue weighted by molar-refractivity contribution is 6.04. The lowest BCUT2D eigenvalue weighted by Crippen LogP contribution is -2.26. The Balaban J connectivity index is 1.54. The molecular formula is C21H24N2O3. The third-order valence-electron chi connectivity index (χ3n) is 4.01. The van der Waals surface area contributed by atoms with E-state index < -0.39 is 0 Å². The summed E-state index contributed by atoms with van der Waals surface area (Å²) in [7, 11) is 0. The third-order valence-corrected chi connectivity index (χ3v) is 4.01. The minimum atomic E-state index is -0.180. The Morgan fingerprint density at radius 1 is 1.04 bits per heavy atom. The van der Waals surface area contributed by atoms with Gasteiger partial charge in [-0.05, 0) is 68.7 Å². The molecule has 2 aromatic rings. The minimum absolute atomic E-state index is 0.0491. The van der Waals surface area contributed by atoms with Gasteiger partial charge in [-0.1, -0.05) is 12.1 Å². The zero-order valence-electron chi connectivity index (χ0n) is 15.1. The van der Waals surface area contributed by atoms with E-state index in [9.17, 15) is 9.59 Å². The summed E-state index contributed by atoms with van der Waals surface area (Å²) in [5, 5.41) is 5.83. The van der Waals surface area contributed by atoms with Gasteiger partial charge in [-0.25, -0.2) is 0 Å². The van der Waals surface area contributed by atoms with E-state index in [0.29, 0.717) is 23.7 Å². The van der Waals surface area contributed by atoms with Crippen LogP contribution in [0, 0.1) is 0 Å². The van der Waals surface area contributed by atoms with Crippen molar-refractivity contribution in [1.82, 2.24) is 5.32 Å². The summed E-state index contributed by atoms with van der Waals surface area (Å²) >= 11 is 0. The van der Waals surface area contributed by atoms with E-state index in [-0.39, 0.29) is 17.9 Å². The fraction of sp³-hybridized carbons (Fsp3) is 0.333. The number of hydrogen-bond acceptors (Lipinski definition) is 3. The quantitative estimate of drug-likeness (QED) is 0.801. The molecule has 2 amide bonds. The molecule has 0 atom stereocenters. The zero-order valence-corrected chi connectivity index (χ0v) is 15.1. The highest BCUT2D eigenvalue weighted by Gasteiger charge is 2.23. The number of carbonyl (C=O) groups excluding carboxylic acids is 2. The predicted octanol–water partition coefficient (Wildman–Crippen LogP) is 3.55. The standard InChI is InChI=1S/C21H24N2O3/c1-14(2)26-19-11-5-16(6-12-19)21(25)23-18-7-3-15(4-8-18)13-20(24)22-17-9-10-17/h3-8,11-12,14,17H,9-10,13H2,1-2H3,(H,22,24)(H,23,25). The van der Waals surface area contributed by atoms with Gasteiger partial charge < -0.3 is 15.4 Å². The van der Waals surface area contributed by atoms with Crippen molar-refractivity contribution in [3.05, 3.63) is 59.7 Å². The van der Waals surface area contributed by atoms with Gasteiger partial charge in [0.05, 0.1) is 12.5 Å². The maximum atomic E-state index is 12.3. The number of benzene rings is 2. The SMILES string of the molecule is CC(C)Oc1ccc(C(=O)Nc2ccc(CC(=O)NC3CC3)cc2)cc1. The second-order valence-corrected chi connectivity index (χ2v) is 6.86. The van der Waals surface area contributed by atoms with Gasteiger partial charge >= 0.3 is 0 Å². The molecule has 5 nitrogen and oxygen atoms in total. The second kappa shape index (κ2) is 8.04. The molecule has 0 spiro atoms. The van der Waals surface area contributed by atoms with Crippen LogP contribution in [0.1, 0.15) is 42.6 Å². The van der Waals surface area contributed by atoms with Crippen molar-refractivity contribution < 1.29 is 14.3 Å². The molecule has 2 aromatic carbocycles. The largest absolute Gasteiger partial charge is 0.491 e. The van der Waals surface area contributed by atoms with E-state index in [1.54, 1.807) is 24.3 Å². The predicted molar refractivity (Wildman–Crippen MR) is 101 cm³/mol. The summed E-state index contributed by atoms with van der Waals surface area (Å²) in [5.74, 6) is 0.610. The fourth-order valence-electron chi connectivity index (χ4n) is 2.56. The fourth-order valence-corrected chi connectivity index (χ4v) is 2.56. The monoisotopic (exact) mass is 352 g/mol.